The summed E-state index contributed by atoms with van der Waals surface area (Å²) in [5.41, 5.74) is 0. The minimum absolute atomic E-state index is 0. The van der Waals surface area contributed by atoms with Gasteiger partial charge in [-0.2, -0.15) is 0 Å². The first kappa shape index (κ1) is 16.7. The molecular weight excluding hydrogens is 219 g/mol. The van der Waals surface area contributed by atoms with E-state index in [0.29, 0.717) is 0 Å². The predicted molar refractivity (Wildman–Crippen MR) is 16.8 cm³/mol. The fourth-order valence-corrected chi connectivity index (χ4v) is 0. The fourth-order valence-electron chi connectivity index (χ4n) is 0. The van der Waals surface area contributed by atoms with Crippen LogP contribution in [-0.4, -0.2) is 37.7 Å². The molecule has 0 unspecified atom stereocenters. The molecule has 6 nitrogen and oxygen atoms in total. The third-order valence-corrected chi connectivity index (χ3v) is 0. The Morgan fingerprint density at radius 1 is 1.11 bits per heavy atom. The van der Waals surface area contributed by atoms with Crippen LogP contribution in [0.2, 0.25) is 0 Å². The van der Waals surface area contributed by atoms with Gasteiger partial charge in [-0.15, -0.1) is 0 Å². The molecule has 0 fully saturated rings. The summed E-state index contributed by atoms with van der Waals surface area (Å²) in [6, 6.07) is 0. The summed E-state index contributed by atoms with van der Waals surface area (Å²) < 4.78 is 51.2. The molecule has 0 rings (SSSR count). The SMILES string of the molecule is O=[PH]=O.[Ca+2].[O]=[Cr](=[O])([O-])[O-]. The van der Waals surface area contributed by atoms with Gasteiger partial charge in [-0.1, -0.05) is 0 Å². The van der Waals surface area contributed by atoms with Gasteiger partial charge >= 0.3 is 75.6 Å². The van der Waals surface area contributed by atoms with Crippen molar-refractivity contribution in [1.29, 1.82) is 0 Å². The average Bonchev–Trinajstić information content (AvgIpc) is 1.27. The first-order valence-corrected chi connectivity index (χ1v) is 3.97. The van der Waals surface area contributed by atoms with E-state index in [1.165, 1.54) is 0 Å². The summed E-state index contributed by atoms with van der Waals surface area (Å²) in [6.07, 6.45) is 0. The first-order chi connectivity index (χ1) is 3.41. The van der Waals surface area contributed by atoms with E-state index in [9.17, 15) is 0 Å². The van der Waals surface area contributed by atoms with Crippen LogP contribution < -0.4 is 8.32 Å². The molecule has 0 atom stereocenters. The summed E-state index contributed by atoms with van der Waals surface area (Å²) in [6.45, 7) is 0. The normalized spacial score (nSPS) is 7.78. The molecule has 0 aromatic heterocycles. The molecule has 0 saturated heterocycles. The Morgan fingerprint density at radius 2 is 1.11 bits per heavy atom. The van der Waals surface area contributed by atoms with E-state index in [2.05, 4.69) is 0 Å². The predicted octanol–water partition coefficient (Wildman–Crippen LogP) is -2.64. The molecule has 0 radical (unpaired) electrons. The van der Waals surface area contributed by atoms with Crippen LogP contribution in [0.4, 0.5) is 0 Å². The Labute approximate surface area is 83.9 Å². The Balaban J connectivity index is -0.0000000800. The summed E-state index contributed by atoms with van der Waals surface area (Å²) in [5.74, 6) is 0. The van der Waals surface area contributed by atoms with Gasteiger partial charge in [0.05, 0.1) is 0 Å². The van der Waals surface area contributed by atoms with Crippen LogP contribution in [-0.2, 0) is 30.4 Å². The second-order valence-electron chi connectivity index (χ2n) is 0.492. The van der Waals surface area contributed by atoms with Gasteiger partial charge in [0.15, 0.2) is 0 Å². The van der Waals surface area contributed by atoms with E-state index in [-0.39, 0.29) is 37.7 Å². The van der Waals surface area contributed by atoms with Crippen molar-refractivity contribution in [2.24, 2.45) is 0 Å². The van der Waals surface area contributed by atoms with Gasteiger partial charge in [0.1, 0.15) is 0 Å². The molecule has 9 heteroatoms. The molecule has 0 amide bonds. The molecule has 0 saturated carbocycles. The van der Waals surface area contributed by atoms with E-state index < -0.39 is 22.0 Å². The minimum atomic E-state index is -5.75. The number of hydrogen-bond donors (Lipinski definition) is 0. The standard InChI is InChI=1S/Ca.Cr.HO2P.4O/c;;1-3-2;;;;/h;;3H;;;;/q+2;;;;;2*-1. The van der Waals surface area contributed by atoms with Crippen LogP contribution >= 0.6 is 8.34 Å². The van der Waals surface area contributed by atoms with Crippen LogP contribution in [0.25, 0.3) is 0 Å². The molecule has 0 bridgehead atoms. The van der Waals surface area contributed by atoms with Gasteiger partial charge in [-0.25, -0.2) is 9.13 Å². The van der Waals surface area contributed by atoms with Crippen molar-refractivity contribution >= 4 is 46.1 Å². The Bertz CT molecular complexity index is 153. The molecule has 0 aromatic carbocycles. The molecule has 0 aliphatic carbocycles. The zero-order valence-corrected chi connectivity index (χ0v) is 8.55. The topological polar surface area (TPSA) is 114 Å². The summed E-state index contributed by atoms with van der Waals surface area (Å²) in [5, 5.41) is 0. The molecule has 0 heterocycles. The van der Waals surface area contributed by atoms with E-state index in [0.717, 1.165) is 0 Å². The third kappa shape index (κ3) is 326. The molecule has 0 aliphatic rings. The molecule has 50 valence electrons. The van der Waals surface area contributed by atoms with Crippen LogP contribution in [0.15, 0.2) is 0 Å². The van der Waals surface area contributed by atoms with Crippen molar-refractivity contribution in [2.75, 3.05) is 0 Å². The maximum absolute atomic E-state index is 8.59. The van der Waals surface area contributed by atoms with Crippen LogP contribution in [0.3, 0.4) is 0 Å². The molecule has 9 heavy (non-hydrogen) atoms. The fraction of sp³-hybridized carbons (Fsp3) is 0. The number of hydrogen-bond acceptors (Lipinski definition) is 6. The molecule has 0 aromatic rings. The zero-order chi connectivity index (χ0) is 7.21. The van der Waals surface area contributed by atoms with E-state index in [4.69, 9.17) is 25.1 Å². The van der Waals surface area contributed by atoms with Crippen LogP contribution in [0.1, 0.15) is 0 Å². The quantitative estimate of drug-likeness (QED) is 0.325. The zero-order valence-electron chi connectivity index (χ0n) is 4.06. The van der Waals surface area contributed by atoms with Gasteiger partial charge in [0, 0.05) is 0 Å². The van der Waals surface area contributed by atoms with E-state index >= 15 is 0 Å². The van der Waals surface area contributed by atoms with Crippen molar-refractivity contribution in [1.82, 2.24) is 0 Å². The second-order valence-corrected chi connectivity index (χ2v) is 1.93. The molecular formula is HCaCrO6P. The van der Waals surface area contributed by atoms with Gasteiger partial charge in [-0.05, 0) is 0 Å². The third-order valence-electron chi connectivity index (χ3n) is 0. The summed E-state index contributed by atoms with van der Waals surface area (Å²) in [4.78, 5) is 0. The Kier molecular flexibility index (Phi) is 17.1. The maximum atomic E-state index is 8.59. The van der Waals surface area contributed by atoms with Crippen LogP contribution in [0.5, 0.6) is 0 Å². The van der Waals surface area contributed by atoms with Crippen molar-refractivity contribution in [3.05, 3.63) is 0 Å². The summed E-state index contributed by atoms with van der Waals surface area (Å²) in [7, 11) is -1.42. The van der Waals surface area contributed by atoms with Gasteiger partial charge in [0.2, 0.25) is 0 Å². The molecule has 0 spiro atoms. The van der Waals surface area contributed by atoms with Crippen molar-refractivity contribution in [2.45, 2.75) is 0 Å². The van der Waals surface area contributed by atoms with Gasteiger partial charge in [-0.3, -0.25) is 0 Å². The van der Waals surface area contributed by atoms with E-state index in [1.54, 1.807) is 0 Å². The van der Waals surface area contributed by atoms with Crippen LogP contribution in [0, 0.1) is 0 Å². The van der Waals surface area contributed by atoms with E-state index in [1.807, 2.05) is 0 Å². The Hall–Kier alpha value is 1.21. The first-order valence-electron chi connectivity index (χ1n) is 1.07. The monoisotopic (exact) mass is 220 g/mol. The molecule has 0 N–H and O–H groups in total. The average molecular weight is 220 g/mol. The summed E-state index contributed by atoms with van der Waals surface area (Å²) >= 11 is -5.75. The number of rotatable bonds is 0. The second kappa shape index (κ2) is 9.21. The molecule has 0 aliphatic heterocycles. The van der Waals surface area contributed by atoms with Crippen molar-refractivity contribution < 1.29 is 38.7 Å². The van der Waals surface area contributed by atoms with Gasteiger partial charge in [0.25, 0.3) is 0 Å². The van der Waals surface area contributed by atoms with Gasteiger partial charge < -0.3 is 0 Å². The van der Waals surface area contributed by atoms with Crippen molar-refractivity contribution in [3.8, 4) is 0 Å². The Morgan fingerprint density at radius 3 is 1.11 bits per heavy atom. The van der Waals surface area contributed by atoms with Crippen molar-refractivity contribution in [3.63, 3.8) is 0 Å².